The summed E-state index contributed by atoms with van der Waals surface area (Å²) in [6.07, 6.45) is -2.25. The van der Waals surface area contributed by atoms with Gasteiger partial charge < -0.3 is 4.90 Å². The van der Waals surface area contributed by atoms with Crippen molar-refractivity contribution in [3.8, 4) is 6.07 Å². The average molecular weight is 204 g/mol. The molecule has 1 amide bonds. The number of amides is 1. The number of hydrogen-bond acceptors (Lipinski definition) is 2. The van der Waals surface area contributed by atoms with Crippen LogP contribution in [0.2, 0.25) is 0 Å². The van der Waals surface area contributed by atoms with Gasteiger partial charge in [-0.3, -0.25) is 4.79 Å². The van der Waals surface area contributed by atoms with Gasteiger partial charge in [0, 0.05) is 7.05 Å². The lowest BCUT2D eigenvalue weighted by Crippen LogP contribution is -2.41. The SMILES string of the molecule is CCC(C)(C#N)C(=O)N(C)CC(F)F. The summed E-state index contributed by atoms with van der Waals surface area (Å²) in [5.74, 6) is -0.553. The minimum atomic E-state index is -2.57. The van der Waals surface area contributed by atoms with Gasteiger partial charge in [0.25, 0.3) is 6.43 Å². The van der Waals surface area contributed by atoms with E-state index in [0.717, 1.165) is 4.90 Å². The molecular formula is C9H14F2N2O. The van der Waals surface area contributed by atoms with Gasteiger partial charge in [0.05, 0.1) is 12.6 Å². The van der Waals surface area contributed by atoms with Crippen LogP contribution in [-0.2, 0) is 4.79 Å². The molecule has 1 unspecified atom stereocenters. The first-order chi connectivity index (χ1) is 6.37. The topological polar surface area (TPSA) is 44.1 Å². The fourth-order valence-corrected chi connectivity index (χ4v) is 0.989. The molecule has 0 heterocycles. The molecule has 3 nitrogen and oxygen atoms in total. The van der Waals surface area contributed by atoms with Gasteiger partial charge in [0.1, 0.15) is 5.41 Å². The Balaban J connectivity index is 4.53. The standard InChI is InChI=1S/C9H14F2N2O/c1-4-9(2,6-12)8(14)13(3)5-7(10)11/h7H,4-5H2,1-3H3. The number of rotatable bonds is 4. The van der Waals surface area contributed by atoms with Crippen molar-refractivity contribution >= 4 is 5.91 Å². The number of alkyl halides is 2. The van der Waals surface area contributed by atoms with Crippen LogP contribution >= 0.6 is 0 Å². The zero-order chi connectivity index (χ0) is 11.4. The molecule has 0 aliphatic carbocycles. The summed E-state index contributed by atoms with van der Waals surface area (Å²) >= 11 is 0. The Labute approximate surface area is 82.3 Å². The van der Waals surface area contributed by atoms with E-state index in [1.807, 2.05) is 6.07 Å². The monoisotopic (exact) mass is 204 g/mol. The van der Waals surface area contributed by atoms with E-state index < -0.39 is 24.3 Å². The molecule has 0 spiro atoms. The number of hydrogen-bond donors (Lipinski definition) is 0. The molecule has 0 fully saturated rings. The van der Waals surface area contributed by atoms with E-state index in [1.54, 1.807) is 6.92 Å². The van der Waals surface area contributed by atoms with Crippen LogP contribution in [0.4, 0.5) is 8.78 Å². The molecule has 0 aliphatic rings. The van der Waals surface area contributed by atoms with Gasteiger partial charge >= 0.3 is 0 Å². The summed E-state index contributed by atoms with van der Waals surface area (Å²) in [7, 11) is 1.28. The molecule has 0 aromatic carbocycles. The van der Waals surface area contributed by atoms with Crippen LogP contribution in [0.5, 0.6) is 0 Å². The van der Waals surface area contributed by atoms with E-state index in [2.05, 4.69) is 0 Å². The van der Waals surface area contributed by atoms with Crippen molar-refractivity contribution in [2.75, 3.05) is 13.6 Å². The summed E-state index contributed by atoms with van der Waals surface area (Å²) in [5.41, 5.74) is -1.19. The molecule has 0 bridgehead atoms. The minimum Gasteiger partial charge on any atom is -0.339 e. The van der Waals surface area contributed by atoms with Crippen LogP contribution in [0.15, 0.2) is 0 Å². The summed E-state index contributed by atoms with van der Waals surface area (Å²) in [4.78, 5) is 12.4. The van der Waals surface area contributed by atoms with E-state index in [4.69, 9.17) is 5.26 Å². The molecule has 0 saturated carbocycles. The maximum absolute atomic E-state index is 12.0. The fraction of sp³-hybridized carbons (Fsp3) is 0.778. The molecule has 0 aliphatic heterocycles. The molecule has 0 N–H and O–H groups in total. The zero-order valence-electron chi connectivity index (χ0n) is 8.55. The molecule has 5 heteroatoms. The zero-order valence-corrected chi connectivity index (χ0v) is 8.55. The summed E-state index contributed by atoms with van der Waals surface area (Å²) in [5, 5.41) is 8.75. The molecule has 0 radical (unpaired) electrons. The lowest BCUT2D eigenvalue weighted by molar-refractivity contribution is -0.138. The summed E-state index contributed by atoms with van der Waals surface area (Å²) < 4.78 is 23.9. The van der Waals surface area contributed by atoms with Crippen LogP contribution in [0.3, 0.4) is 0 Å². The van der Waals surface area contributed by atoms with Crippen molar-refractivity contribution in [3.05, 3.63) is 0 Å². The Bertz CT molecular complexity index is 250. The highest BCUT2D eigenvalue weighted by molar-refractivity contribution is 5.84. The van der Waals surface area contributed by atoms with Gasteiger partial charge in [0.2, 0.25) is 5.91 Å². The second-order valence-electron chi connectivity index (χ2n) is 3.37. The molecule has 1 atom stereocenters. The number of carbonyl (C=O) groups is 1. The van der Waals surface area contributed by atoms with Gasteiger partial charge in [-0.15, -0.1) is 0 Å². The molecule has 0 saturated heterocycles. The first-order valence-electron chi connectivity index (χ1n) is 4.32. The number of nitrogens with zero attached hydrogens (tertiary/aromatic N) is 2. The van der Waals surface area contributed by atoms with E-state index in [9.17, 15) is 13.6 Å². The largest absolute Gasteiger partial charge is 0.339 e. The Morgan fingerprint density at radius 3 is 2.43 bits per heavy atom. The lowest BCUT2D eigenvalue weighted by Gasteiger charge is -2.25. The van der Waals surface area contributed by atoms with Crippen LogP contribution in [0.1, 0.15) is 20.3 Å². The second kappa shape index (κ2) is 4.89. The third-order valence-corrected chi connectivity index (χ3v) is 2.18. The molecule has 0 aromatic rings. The highest BCUT2D eigenvalue weighted by Crippen LogP contribution is 2.22. The number of carbonyl (C=O) groups excluding carboxylic acids is 1. The maximum Gasteiger partial charge on any atom is 0.255 e. The van der Waals surface area contributed by atoms with Gasteiger partial charge in [-0.2, -0.15) is 5.26 Å². The average Bonchev–Trinajstić information content (AvgIpc) is 2.14. The molecule has 14 heavy (non-hydrogen) atoms. The highest BCUT2D eigenvalue weighted by atomic mass is 19.3. The molecule has 80 valence electrons. The Morgan fingerprint density at radius 2 is 2.14 bits per heavy atom. The van der Waals surface area contributed by atoms with Crippen LogP contribution in [0, 0.1) is 16.7 Å². The van der Waals surface area contributed by atoms with Crippen LogP contribution in [-0.4, -0.2) is 30.8 Å². The molecule has 0 rings (SSSR count). The van der Waals surface area contributed by atoms with E-state index in [-0.39, 0.29) is 0 Å². The Morgan fingerprint density at radius 1 is 1.64 bits per heavy atom. The van der Waals surface area contributed by atoms with Crippen LogP contribution in [0.25, 0.3) is 0 Å². The molecular weight excluding hydrogens is 190 g/mol. The number of halogens is 2. The second-order valence-corrected chi connectivity index (χ2v) is 3.37. The van der Waals surface area contributed by atoms with E-state index in [0.29, 0.717) is 6.42 Å². The third-order valence-electron chi connectivity index (χ3n) is 2.18. The van der Waals surface area contributed by atoms with Crippen molar-refractivity contribution in [1.82, 2.24) is 4.90 Å². The number of nitriles is 1. The van der Waals surface area contributed by atoms with Gasteiger partial charge in [-0.1, -0.05) is 6.92 Å². The minimum absolute atomic E-state index is 0.315. The van der Waals surface area contributed by atoms with Gasteiger partial charge in [-0.05, 0) is 13.3 Å². The summed E-state index contributed by atoms with van der Waals surface area (Å²) in [6, 6.07) is 1.85. The molecule has 0 aromatic heterocycles. The van der Waals surface area contributed by atoms with Crippen molar-refractivity contribution in [2.24, 2.45) is 5.41 Å². The summed E-state index contributed by atoms with van der Waals surface area (Å²) in [6.45, 7) is 2.50. The first-order valence-corrected chi connectivity index (χ1v) is 4.32. The fourth-order valence-electron chi connectivity index (χ4n) is 0.989. The van der Waals surface area contributed by atoms with Crippen molar-refractivity contribution in [1.29, 1.82) is 5.26 Å². The van der Waals surface area contributed by atoms with Crippen LogP contribution < -0.4 is 0 Å². The van der Waals surface area contributed by atoms with E-state index >= 15 is 0 Å². The smallest absolute Gasteiger partial charge is 0.255 e. The normalized spacial score (nSPS) is 14.6. The first kappa shape index (κ1) is 12.8. The van der Waals surface area contributed by atoms with Gasteiger partial charge in [0.15, 0.2) is 0 Å². The predicted molar refractivity (Wildman–Crippen MR) is 47.7 cm³/mol. The van der Waals surface area contributed by atoms with E-state index in [1.165, 1.54) is 14.0 Å². The quantitative estimate of drug-likeness (QED) is 0.698. The van der Waals surface area contributed by atoms with Crippen molar-refractivity contribution in [2.45, 2.75) is 26.7 Å². The maximum atomic E-state index is 12.0. The highest BCUT2D eigenvalue weighted by Gasteiger charge is 2.34. The Hall–Kier alpha value is -1.18. The lowest BCUT2D eigenvalue weighted by atomic mass is 9.88. The van der Waals surface area contributed by atoms with Crippen molar-refractivity contribution in [3.63, 3.8) is 0 Å². The Kier molecular flexibility index (Phi) is 4.48. The van der Waals surface area contributed by atoms with Crippen molar-refractivity contribution < 1.29 is 13.6 Å². The third kappa shape index (κ3) is 2.95. The predicted octanol–water partition coefficient (Wildman–Crippen LogP) is 1.65. The van der Waals surface area contributed by atoms with Gasteiger partial charge in [-0.25, -0.2) is 8.78 Å².